The van der Waals surface area contributed by atoms with Crippen LogP contribution in [0.5, 0.6) is 0 Å². The van der Waals surface area contributed by atoms with Crippen molar-refractivity contribution >= 4 is 41.5 Å². The Hall–Kier alpha value is -0.940. The van der Waals surface area contributed by atoms with Crippen LogP contribution in [0.25, 0.3) is 0 Å². The molecule has 0 atom stereocenters. The van der Waals surface area contributed by atoms with Crippen molar-refractivity contribution in [2.45, 2.75) is 36.3 Å². The Bertz CT molecular complexity index is 794. The van der Waals surface area contributed by atoms with Gasteiger partial charge in [0.15, 0.2) is 0 Å². The zero-order valence-electron chi connectivity index (χ0n) is 15.3. The summed E-state index contributed by atoms with van der Waals surface area (Å²) in [5.74, 6) is 0.632. The first kappa shape index (κ1) is 20.8. The Kier molecular flexibility index (Phi) is 7.32. The van der Waals surface area contributed by atoms with Crippen LogP contribution >= 0.6 is 35.8 Å². The van der Waals surface area contributed by atoms with Crippen molar-refractivity contribution in [2.24, 2.45) is 0 Å². The molecule has 0 spiro atoms. The first-order valence-electron chi connectivity index (χ1n) is 9.39. The van der Waals surface area contributed by atoms with Crippen molar-refractivity contribution in [3.63, 3.8) is 0 Å². The van der Waals surface area contributed by atoms with Crippen LogP contribution in [-0.2, 0) is 18.6 Å². The number of fused-ring (bicyclic) bond motifs is 1. The van der Waals surface area contributed by atoms with Gasteiger partial charge in [0.05, 0.1) is 10.7 Å². The van der Waals surface area contributed by atoms with E-state index in [9.17, 15) is 4.39 Å². The minimum absolute atomic E-state index is 0. The van der Waals surface area contributed by atoms with E-state index in [4.69, 9.17) is 11.6 Å². The van der Waals surface area contributed by atoms with Crippen molar-refractivity contribution in [1.29, 1.82) is 0 Å². The molecule has 2 heterocycles. The highest BCUT2D eigenvalue weighted by Crippen LogP contribution is 2.36. The molecule has 1 fully saturated rings. The maximum Gasteiger partial charge on any atom is 0.146 e. The van der Waals surface area contributed by atoms with Gasteiger partial charge in [-0.3, -0.25) is 0 Å². The summed E-state index contributed by atoms with van der Waals surface area (Å²) in [5, 5.41) is 4.26. The lowest BCUT2D eigenvalue weighted by molar-refractivity contribution is 0.622. The quantitative estimate of drug-likeness (QED) is 0.651. The molecule has 0 unspecified atom stereocenters. The third-order valence-electron chi connectivity index (χ3n) is 5.27. The number of hydrogen-bond acceptors (Lipinski definition) is 3. The predicted octanol–water partition coefficient (Wildman–Crippen LogP) is 5.48. The molecule has 1 N–H and O–H groups in total. The van der Waals surface area contributed by atoms with Crippen molar-refractivity contribution < 1.29 is 4.39 Å². The van der Waals surface area contributed by atoms with Crippen LogP contribution in [-0.4, -0.2) is 26.2 Å². The summed E-state index contributed by atoms with van der Waals surface area (Å²) in [6, 6.07) is 9.84. The topological polar surface area (TPSA) is 15.3 Å². The van der Waals surface area contributed by atoms with E-state index in [1.807, 2.05) is 12.1 Å². The highest BCUT2D eigenvalue weighted by molar-refractivity contribution is 7.98. The number of anilines is 1. The summed E-state index contributed by atoms with van der Waals surface area (Å²) in [5.41, 5.74) is 4.50. The highest BCUT2D eigenvalue weighted by Gasteiger charge is 2.18. The van der Waals surface area contributed by atoms with Crippen LogP contribution in [0.4, 0.5) is 10.1 Å². The van der Waals surface area contributed by atoms with E-state index in [0.29, 0.717) is 0 Å². The predicted molar refractivity (Wildman–Crippen MR) is 116 cm³/mol. The van der Waals surface area contributed by atoms with Gasteiger partial charge in [-0.15, -0.1) is 24.2 Å². The minimum atomic E-state index is -0.104. The Labute approximate surface area is 176 Å². The molecule has 2 aliphatic heterocycles. The molecule has 2 aromatic carbocycles. The fourth-order valence-corrected chi connectivity index (χ4v) is 5.32. The Balaban J connectivity index is 0.00000210. The Morgan fingerprint density at radius 1 is 1.07 bits per heavy atom. The molecule has 2 aromatic rings. The van der Waals surface area contributed by atoms with Crippen LogP contribution in [0.2, 0.25) is 5.02 Å². The molecule has 0 saturated carbocycles. The average Bonchev–Trinajstić information content (AvgIpc) is 3.06. The number of nitrogens with zero attached hydrogens (tertiary/aromatic N) is 1. The van der Waals surface area contributed by atoms with E-state index in [-0.39, 0.29) is 18.2 Å². The lowest BCUT2D eigenvalue weighted by Gasteiger charge is -2.19. The fraction of sp³-hybridized carbons (Fsp3) is 0.429. The van der Waals surface area contributed by atoms with Gasteiger partial charge in [0.1, 0.15) is 5.82 Å². The average molecular weight is 427 g/mol. The second-order valence-corrected chi connectivity index (χ2v) is 8.43. The molecular weight excluding hydrogens is 402 g/mol. The monoisotopic (exact) mass is 426 g/mol. The van der Waals surface area contributed by atoms with Crippen LogP contribution in [0.1, 0.15) is 29.5 Å². The van der Waals surface area contributed by atoms with E-state index < -0.39 is 0 Å². The van der Waals surface area contributed by atoms with E-state index >= 15 is 0 Å². The molecule has 27 heavy (non-hydrogen) atoms. The SMILES string of the molecule is Cl.Fc1cc(CSc2c(Cl)ccc3c2CCNCC3)ccc1N1CCCC1. The third-order valence-corrected chi connectivity index (χ3v) is 6.93. The van der Waals surface area contributed by atoms with Crippen molar-refractivity contribution in [2.75, 3.05) is 31.1 Å². The van der Waals surface area contributed by atoms with Gasteiger partial charge in [0, 0.05) is 23.7 Å². The second-order valence-electron chi connectivity index (χ2n) is 7.03. The molecule has 2 aliphatic rings. The third kappa shape index (κ3) is 4.73. The van der Waals surface area contributed by atoms with Gasteiger partial charge in [-0.25, -0.2) is 4.39 Å². The maximum atomic E-state index is 14.5. The summed E-state index contributed by atoms with van der Waals surface area (Å²) < 4.78 is 14.5. The number of benzene rings is 2. The molecule has 0 aromatic heterocycles. The van der Waals surface area contributed by atoms with Gasteiger partial charge in [0.2, 0.25) is 0 Å². The zero-order valence-corrected chi connectivity index (χ0v) is 17.7. The van der Waals surface area contributed by atoms with Gasteiger partial charge in [-0.2, -0.15) is 0 Å². The Morgan fingerprint density at radius 3 is 2.63 bits per heavy atom. The number of hydrogen-bond donors (Lipinski definition) is 1. The number of nitrogens with one attached hydrogen (secondary N) is 1. The standard InChI is InChI=1S/C21H24ClFN2S.ClH/c22-18-5-4-16-7-9-24-10-8-17(16)21(18)26-14-15-3-6-20(19(23)13-15)25-11-1-2-12-25;/h3-6,13,24H,1-2,7-12,14H2;1H. The Morgan fingerprint density at radius 2 is 1.85 bits per heavy atom. The molecule has 146 valence electrons. The van der Waals surface area contributed by atoms with E-state index in [0.717, 1.165) is 78.8 Å². The first-order valence-corrected chi connectivity index (χ1v) is 10.8. The van der Waals surface area contributed by atoms with E-state index in [1.54, 1.807) is 17.8 Å². The van der Waals surface area contributed by atoms with E-state index in [1.165, 1.54) is 11.1 Å². The van der Waals surface area contributed by atoms with Gasteiger partial charge < -0.3 is 10.2 Å². The second kappa shape index (κ2) is 9.51. The van der Waals surface area contributed by atoms with Crippen LogP contribution in [0.15, 0.2) is 35.2 Å². The molecule has 2 nitrogen and oxygen atoms in total. The minimum Gasteiger partial charge on any atom is -0.369 e. The molecule has 0 aliphatic carbocycles. The highest BCUT2D eigenvalue weighted by atomic mass is 35.5. The molecule has 6 heteroatoms. The largest absolute Gasteiger partial charge is 0.369 e. The summed E-state index contributed by atoms with van der Waals surface area (Å²) in [6.45, 7) is 3.93. The molecule has 4 rings (SSSR count). The van der Waals surface area contributed by atoms with Crippen molar-refractivity contribution in [3.05, 3.63) is 57.9 Å². The lowest BCUT2D eigenvalue weighted by atomic mass is 10.0. The first-order chi connectivity index (χ1) is 12.7. The summed E-state index contributed by atoms with van der Waals surface area (Å²) in [7, 11) is 0. The van der Waals surface area contributed by atoms with Crippen LogP contribution in [0.3, 0.4) is 0 Å². The molecule has 0 bridgehead atoms. The van der Waals surface area contributed by atoms with E-state index in [2.05, 4.69) is 22.3 Å². The molecular formula is C21H25Cl2FN2S. The molecule has 1 saturated heterocycles. The smallest absolute Gasteiger partial charge is 0.146 e. The number of halogens is 3. The van der Waals surface area contributed by atoms with Crippen LogP contribution < -0.4 is 10.2 Å². The van der Waals surface area contributed by atoms with Gasteiger partial charge >= 0.3 is 0 Å². The number of rotatable bonds is 4. The summed E-state index contributed by atoms with van der Waals surface area (Å²) in [6.07, 6.45) is 4.35. The zero-order chi connectivity index (χ0) is 17.9. The van der Waals surface area contributed by atoms with Gasteiger partial charge in [-0.1, -0.05) is 23.7 Å². The lowest BCUT2D eigenvalue weighted by Crippen LogP contribution is -2.18. The maximum absolute atomic E-state index is 14.5. The van der Waals surface area contributed by atoms with Gasteiger partial charge in [0.25, 0.3) is 0 Å². The van der Waals surface area contributed by atoms with Gasteiger partial charge in [-0.05, 0) is 73.7 Å². The molecule has 0 radical (unpaired) electrons. The molecule has 0 amide bonds. The fourth-order valence-electron chi connectivity index (χ4n) is 3.88. The summed E-state index contributed by atoms with van der Waals surface area (Å²) in [4.78, 5) is 3.31. The number of thioether (sulfide) groups is 1. The van der Waals surface area contributed by atoms with Crippen molar-refractivity contribution in [1.82, 2.24) is 5.32 Å². The van der Waals surface area contributed by atoms with Crippen molar-refractivity contribution in [3.8, 4) is 0 Å². The normalized spacial score (nSPS) is 16.6. The van der Waals surface area contributed by atoms with Crippen LogP contribution in [0, 0.1) is 5.82 Å². The summed E-state index contributed by atoms with van der Waals surface area (Å²) >= 11 is 8.23.